The maximum atomic E-state index is 14.0. The lowest BCUT2D eigenvalue weighted by Gasteiger charge is -2.22. The zero-order chi connectivity index (χ0) is 15.0. The summed E-state index contributed by atoms with van der Waals surface area (Å²) in [5.74, 6) is -0.180. The fraction of sp³-hybridized carbons (Fsp3) is 0.429. The van der Waals surface area contributed by atoms with Crippen LogP contribution in [0.5, 0.6) is 0 Å². The summed E-state index contributed by atoms with van der Waals surface area (Å²) in [6, 6.07) is 4.53. The maximum absolute atomic E-state index is 14.0. The minimum atomic E-state index is -3.99. The van der Waals surface area contributed by atoms with E-state index in [0.717, 1.165) is 12.8 Å². The monoisotopic (exact) mass is 331 g/mol. The van der Waals surface area contributed by atoms with Gasteiger partial charge in [0.15, 0.2) is 0 Å². The van der Waals surface area contributed by atoms with Crippen LogP contribution in [0.3, 0.4) is 0 Å². The van der Waals surface area contributed by atoms with Crippen molar-refractivity contribution in [3.05, 3.63) is 30.2 Å². The third-order valence-electron chi connectivity index (χ3n) is 3.88. The second kappa shape index (κ2) is 5.59. The van der Waals surface area contributed by atoms with Crippen molar-refractivity contribution in [3.63, 3.8) is 0 Å². The molecule has 0 saturated carbocycles. The summed E-state index contributed by atoms with van der Waals surface area (Å²) in [4.78, 5) is -0.163. The predicted molar refractivity (Wildman–Crippen MR) is 78.5 cm³/mol. The Kier molecular flexibility index (Phi) is 3.94. The summed E-state index contributed by atoms with van der Waals surface area (Å²) in [6.45, 7) is 2.05. The number of aromatic nitrogens is 1. The number of fused-ring (bicyclic) bond motifs is 1. The SMILES string of the molecule is O=S(=O)(Cl)c1cn(CC2CCOCC2)c2cccc(F)c12. The van der Waals surface area contributed by atoms with Crippen molar-refractivity contribution < 1.29 is 17.5 Å². The van der Waals surface area contributed by atoms with Gasteiger partial charge in [-0.25, -0.2) is 12.8 Å². The maximum Gasteiger partial charge on any atom is 0.263 e. The van der Waals surface area contributed by atoms with Crippen molar-refractivity contribution >= 4 is 30.6 Å². The fourth-order valence-corrected chi connectivity index (χ4v) is 3.86. The molecule has 0 radical (unpaired) electrons. The second-order valence-electron chi connectivity index (χ2n) is 5.27. The lowest BCUT2D eigenvalue weighted by molar-refractivity contribution is 0.0616. The highest BCUT2D eigenvalue weighted by Gasteiger charge is 2.23. The first kappa shape index (κ1) is 14.8. The van der Waals surface area contributed by atoms with Crippen LogP contribution in [-0.4, -0.2) is 26.2 Å². The van der Waals surface area contributed by atoms with Crippen molar-refractivity contribution in [3.8, 4) is 0 Å². The average molecular weight is 332 g/mol. The Morgan fingerprint density at radius 3 is 2.71 bits per heavy atom. The van der Waals surface area contributed by atoms with Gasteiger partial charge in [-0.2, -0.15) is 0 Å². The van der Waals surface area contributed by atoms with Crippen LogP contribution in [0.25, 0.3) is 10.9 Å². The molecule has 0 amide bonds. The molecule has 1 fully saturated rings. The molecule has 3 rings (SSSR count). The molecule has 2 heterocycles. The topological polar surface area (TPSA) is 48.3 Å². The van der Waals surface area contributed by atoms with Crippen molar-refractivity contribution in [1.29, 1.82) is 0 Å². The summed E-state index contributed by atoms with van der Waals surface area (Å²) < 4.78 is 44.5. The van der Waals surface area contributed by atoms with Gasteiger partial charge in [0.25, 0.3) is 9.05 Å². The third kappa shape index (κ3) is 2.93. The zero-order valence-corrected chi connectivity index (χ0v) is 12.8. The first-order chi connectivity index (χ1) is 9.97. The molecule has 114 valence electrons. The average Bonchev–Trinajstić information content (AvgIpc) is 2.80. The molecule has 1 aliphatic rings. The number of nitrogens with zero attached hydrogens (tertiary/aromatic N) is 1. The summed E-state index contributed by atoms with van der Waals surface area (Å²) in [6.07, 6.45) is 3.27. The Hall–Kier alpha value is -1.11. The van der Waals surface area contributed by atoms with Crippen molar-refractivity contribution in [2.24, 2.45) is 5.92 Å². The lowest BCUT2D eigenvalue weighted by Crippen LogP contribution is -2.20. The Morgan fingerprint density at radius 2 is 2.05 bits per heavy atom. The first-order valence-corrected chi connectivity index (χ1v) is 9.07. The number of halogens is 2. The highest BCUT2D eigenvalue weighted by molar-refractivity contribution is 8.14. The van der Waals surface area contributed by atoms with E-state index in [4.69, 9.17) is 15.4 Å². The smallest absolute Gasteiger partial charge is 0.263 e. The van der Waals surface area contributed by atoms with Crippen molar-refractivity contribution in [2.75, 3.05) is 13.2 Å². The van der Waals surface area contributed by atoms with E-state index in [2.05, 4.69) is 0 Å². The molecule has 0 atom stereocenters. The minimum Gasteiger partial charge on any atom is -0.381 e. The van der Waals surface area contributed by atoms with Crippen LogP contribution >= 0.6 is 10.7 Å². The molecule has 0 aliphatic carbocycles. The van der Waals surface area contributed by atoms with Crippen LogP contribution < -0.4 is 0 Å². The molecule has 1 saturated heterocycles. The molecule has 21 heavy (non-hydrogen) atoms. The lowest BCUT2D eigenvalue weighted by atomic mass is 10.0. The van der Waals surface area contributed by atoms with Crippen molar-refractivity contribution in [1.82, 2.24) is 4.57 Å². The molecular formula is C14H15ClFNO3S. The van der Waals surface area contributed by atoms with E-state index >= 15 is 0 Å². The largest absolute Gasteiger partial charge is 0.381 e. The predicted octanol–water partition coefficient (Wildman–Crippen LogP) is 3.13. The van der Waals surface area contributed by atoms with E-state index in [0.29, 0.717) is 31.2 Å². The number of hydrogen-bond donors (Lipinski definition) is 0. The van der Waals surface area contributed by atoms with Crippen LogP contribution in [-0.2, 0) is 20.3 Å². The van der Waals surface area contributed by atoms with Crippen LogP contribution in [0, 0.1) is 11.7 Å². The van der Waals surface area contributed by atoms with Crippen LogP contribution in [0.4, 0.5) is 4.39 Å². The Labute approximate surface area is 126 Å². The molecule has 7 heteroatoms. The van der Waals surface area contributed by atoms with Gasteiger partial charge in [0, 0.05) is 36.6 Å². The van der Waals surface area contributed by atoms with Gasteiger partial charge in [-0.05, 0) is 30.9 Å². The molecule has 4 nitrogen and oxygen atoms in total. The molecule has 0 bridgehead atoms. The van der Waals surface area contributed by atoms with Crippen LogP contribution in [0.2, 0.25) is 0 Å². The molecule has 1 aromatic carbocycles. The summed E-state index contributed by atoms with van der Waals surface area (Å²) >= 11 is 0. The number of rotatable bonds is 3. The van der Waals surface area contributed by atoms with Gasteiger partial charge in [-0.3, -0.25) is 0 Å². The normalized spacial score (nSPS) is 17.4. The van der Waals surface area contributed by atoms with Gasteiger partial charge in [0.05, 0.1) is 10.9 Å². The van der Waals surface area contributed by atoms with Gasteiger partial charge in [0.2, 0.25) is 0 Å². The number of ether oxygens (including phenoxy) is 1. The van der Waals surface area contributed by atoms with Gasteiger partial charge in [0.1, 0.15) is 10.7 Å². The molecular weight excluding hydrogens is 317 g/mol. The summed E-state index contributed by atoms with van der Waals surface area (Å²) in [5, 5.41) is 0.0690. The van der Waals surface area contributed by atoms with Gasteiger partial charge in [-0.1, -0.05) is 6.07 Å². The molecule has 0 unspecified atom stereocenters. The Bertz CT molecular complexity index is 766. The Morgan fingerprint density at radius 1 is 1.33 bits per heavy atom. The fourth-order valence-electron chi connectivity index (χ4n) is 2.81. The first-order valence-electron chi connectivity index (χ1n) is 6.76. The Balaban J connectivity index is 2.08. The van der Waals surface area contributed by atoms with Gasteiger partial charge >= 0.3 is 0 Å². The molecule has 1 aromatic heterocycles. The third-order valence-corrected chi connectivity index (χ3v) is 5.21. The molecule has 1 aliphatic heterocycles. The van der Waals surface area contributed by atoms with E-state index in [9.17, 15) is 12.8 Å². The van der Waals surface area contributed by atoms with Crippen molar-refractivity contribution in [2.45, 2.75) is 24.3 Å². The summed E-state index contributed by atoms with van der Waals surface area (Å²) in [7, 11) is 1.45. The minimum absolute atomic E-state index is 0.0690. The quantitative estimate of drug-likeness (QED) is 0.812. The highest BCUT2D eigenvalue weighted by atomic mass is 35.7. The standard InChI is InChI=1S/C14H15ClFNO3S/c15-21(18,19)13-9-17(8-10-4-6-20-7-5-10)12-3-1-2-11(16)14(12)13/h1-3,9-10H,4-8H2. The molecule has 0 N–H and O–H groups in total. The zero-order valence-electron chi connectivity index (χ0n) is 11.3. The molecule has 2 aromatic rings. The molecule has 0 spiro atoms. The van der Waals surface area contributed by atoms with Gasteiger partial charge in [-0.15, -0.1) is 0 Å². The number of hydrogen-bond acceptors (Lipinski definition) is 3. The van der Waals surface area contributed by atoms with E-state index in [-0.39, 0.29) is 10.3 Å². The van der Waals surface area contributed by atoms with E-state index in [1.165, 1.54) is 12.3 Å². The second-order valence-corrected chi connectivity index (χ2v) is 7.81. The highest BCUT2D eigenvalue weighted by Crippen LogP contribution is 2.31. The van der Waals surface area contributed by atoms with E-state index in [1.54, 1.807) is 16.7 Å². The number of benzene rings is 1. The summed E-state index contributed by atoms with van der Waals surface area (Å²) in [5.41, 5.74) is 0.556. The van der Waals surface area contributed by atoms with E-state index in [1.807, 2.05) is 0 Å². The van der Waals surface area contributed by atoms with Gasteiger partial charge < -0.3 is 9.30 Å². The van der Waals surface area contributed by atoms with Crippen LogP contribution in [0.15, 0.2) is 29.3 Å². The van der Waals surface area contributed by atoms with Crippen LogP contribution in [0.1, 0.15) is 12.8 Å². The van der Waals surface area contributed by atoms with E-state index < -0.39 is 14.9 Å².